The Labute approximate surface area is 120 Å². The molecule has 0 aromatic carbocycles. The van der Waals surface area contributed by atoms with Gasteiger partial charge in [0.15, 0.2) is 11.5 Å². The molecule has 1 aromatic heterocycles. The third kappa shape index (κ3) is 4.73. The van der Waals surface area contributed by atoms with Gasteiger partial charge in [-0.1, -0.05) is 0 Å². The van der Waals surface area contributed by atoms with Gasteiger partial charge in [-0.3, -0.25) is 4.79 Å². The van der Waals surface area contributed by atoms with Crippen molar-refractivity contribution in [2.75, 3.05) is 14.2 Å². The van der Waals surface area contributed by atoms with Gasteiger partial charge in [-0.25, -0.2) is 4.98 Å². The van der Waals surface area contributed by atoms with E-state index in [1.807, 2.05) is 0 Å². The number of halogens is 4. The molecule has 0 unspecified atom stereocenters. The zero-order valence-corrected chi connectivity index (χ0v) is 12.0. The largest absolute Gasteiger partial charge is 0.573 e. The highest BCUT2D eigenvalue weighted by Crippen LogP contribution is 2.35. The van der Waals surface area contributed by atoms with Gasteiger partial charge in [0.05, 0.1) is 26.3 Å². The molecule has 1 aromatic rings. The van der Waals surface area contributed by atoms with Crippen LogP contribution in [0.2, 0.25) is 0 Å². The third-order valence-corrected chi connectivity index (χ3v) is 2.66. The predicted molar refractivity (Wildman–Crippen MR) is 65.9 cm³/mol. The van der Waals surface area contributed by atoms with Crippen LogP contribution in [0.15, 0.2) is 6.07 Å². The number of nitrogens with zero attached hydrogens (tertiary/aromatic N) is 1. The number of carbonyl (C=O) groups is 1. The van der Waals surface area contributed by atoms with Crippen LogP contribution in [0.25, 0.3) is 0 Å². The average molecular weight is 391 g/mol. The predicted octanol–water partition coefficient (Wildman–Crippen LogP) is 2.31. The highest BCUT2D eigenvalue weighted by atomic mass is 127. The van der Waals surface area contributed by atoms with Gasteiger partial charge < -0.3 is 14.2 Å². The molecule has 0 amide bonds. The van der Waals surface area contributed by atoms with Crippen LogP contribution < -0.4 is 9.47 Å². The number of carbonyl (C=O) groups excluding carboxylic acids is 1. The van der Waals surface area contributed by atoms with E-state index >= 15 is 0 Å². The maximum Gasteiger partial charge on any atom is 0.573 e. The molecule has 1 rings (SSSR count). The smallest absolute Gasteiger partial charge is 0.490 e. The summed E-state index contributed by atoms with van der Waals surface area (Å²) in [6.07, 6.45) is -5.12. The first kappa shape index (κ1) is 15.8. The van der Waals surface area contributed by atoms with E-state index in [0.29, 0.717) is 0 Å². The van der Waals surface area contributed by atoms with E-state index in [1.54, 1.807) is 22.6 Å². The molecule has 0 bridgehead atoms. The van der Waals surface area contributed by atoms with Gasteiger partial charge in [-0.05, 0) is 22.6 Å². The molecule has 1 heterocycles. The van der Waals surface area contributed by atoms with Crippen LogP contribution in [-0.4, -0.2) is 31.5 Å². The molecule has 0 fully saturated rings. The van der Waals surface area contributed by atoms with E-state index in [-0.39, 0.29) is 21.6 Å². The summed E-state index contributed by atoms with van der Waals surface area (Å²) >= 11 is 1.69. The van der Waals surface area contributed by atoms with Crippen molar-refractivity contribution in [3.05, 3.63) is 15.5 Å². The summed E-state index contributed by atoms with van der Waals surface area (Å²) in [6.45, 7) is 0. The SMILES string of the molecule is COC(=O)Cc1cc(OC(F)(F)F)c(OC)c(I)n1. The van der Waals surface area contributed by atoms with Crippen molar-refractivity contribution in [3.63, 3.8) is 0 Å². The molecular formula is C10H9F3INO4. The number of hydrogen-bond acceptors (Lipinski definition) is 5. The zero-order valence-electron chi connectivity index (χ0n) is 9.88. The fourth-order valence-electron chi connectivity index (χ4n) is 1.22. The molecule has 0 saturated carbocycles. The number of aromatic nitrogens is 1. The molecule has 0 aliphatic carbocycles. The maximum absolute atomic E-state index is 12.3. The number of pyridine rings is 1. The van der Waals surface area contributed by atoms with Crippen LogP contribution in [0, 0.1) is 3.70 Å². The molecule has 0 spiro atoms. The first-order chi connectivity index (χ1) is 8.76. The Hall–Kier alpha value is -1.26. The number of rotatable bonds is 4. The van der Waals surface area contributed by atoms with Crippen molar-refractivity contribution in [1.82, 2.24) is 4.98 Å². The van der Waals surface area contributed by atoms with Crippen LogP contribution in [0.1, 0.15) is 5.69 Å². The molecular weight excluding hydrogens is 382 g/mol. The first-order valence-corrected chi connectivity index (χ1v) is 5.90. The van der Waals surface area contributed by atoms with Gasteiger partial charge >= 0.3 is 12.3 Å². The van der Waals surface area contributed by atoms with Crippen LogP contribution in [0.3, 0.4) is 0 Å². The Kier molecular flexibility index (Phi) is 5.20. The summed E-state index contributed by atoms with van der Waals surface area (Å²) in [5.74, 6) is -1.31. The third-order valence-electron chi connectivity index (χ3n) is 1.93. The zero-order chi connectivity index (χ0) is 14.6. The Balaban J connectivity index is 3.14. The van der Waals surface area contributed by atoms with Crippen molar-refractivity contribution in [2.24, 2.45) is 0 Å². The Morgan fingerprint density at radius 2 is 2.05 bits per heavy atom. The molecule has 9 heteroatoms. The molecule has 0 atom stereocenters. The highest BCUT2D eigenvalue weighted by molar-refractivity contribution is 14.1. The van der Waals surface area contributed by atoms with E-state index in [9.17, 15) is 18.0 Å². The van der Waals surface area contributed by atoms with E-state index < -0.39 is 18.1 Å². The first-order valence-electron chi connectivity index (χ1n) is 4.82. The molecule has 0 N–H and O–H groups in total. The lowest BCUT2D eigenvalue weighted by atomic mass is 10.2. The fraction of sp³-hybridized carbons (Fsp3) is 0.400. The van der Waals surface area contributed by atoms with Crippen LogP contribution in [-0.2, 0) is 16.0 Å². The average Bonchev–Trinajstić information content (AvgIpc) is 2.26. The fourth-order valence-corrected chi connectivity index (χ4v) is 2.02. The standard InChI is InChI=1S/C10H9F3INO4/c1-17-7(16)4-5-3-6(19-10(11,12)13)8(18-2)9(14)15-5/h3H,4H2,1-2H3. The highest BCUT2D eigenvalue weighted by Gasteiger charge is 2.33. The summed E-state index contributed by atoms with van der Waals surface area (Å²) in [5.41, 5.74) is 0.0938. The number of esters is 1. The molecule has 106 valence electrons. The van der Waals surface area contributed by atoms with Gasteiger partial charge in [0.1, 0.15) is 3.70 Å². The van der Waals surface area contributed by atoms with E-state index in [0.717, 1.165) is 6.07 Å². The van der Waals surface area contributed by atoms with Crippen molar-refractivity contribution < 1.29 is 32.2 Å². The number of hydrogen-bond donors (Lipinski definition) is 0. The maximum atomic E-state index is 12.3. The normalized spacial score (nSPS) is 11.1. The van der Waals surface area contributed by atoms with Crippen molar-refractivity contribution >= 4 is 28.6 Å². The molecule has 0 saturated heterocycles. The lowest BCUT2D eigenvalue weighted by molar-refractivity contribution is -0.275. The van der Waals surface area contributed by atoms with Crippen LogP contribution >= 0.6 is 22.6 Å². The monoisotopic (exact) mass is 391 g/mol. The van der Waals surface area contributed by atoms with Gasteiger partial charge in [0, 0.05) is 6.07 Å². The minimum Gasteiger partial charge on any atom is -0.490 e. The van der Waals surface area contributed by atoms with Gasteiger partial charge in [0.2, 0.25) is 0 Å². The van der Waals surface area contributed by atoms with Crippen molar-refractivity contribution in [2.45, 2.75) is 12.8 Å². The van der Waals surface area contributed by atoms with Gasteiger partial charge in [0.25, 0.3) is 0 Å². The van der Waals surface area contributed by atoms with E-state index in [1.165, 1.54) is 14.2 Å². The van der Waals surface area contributed by atoms with Crippen molar-refractivity contribution in [3.8, 4) is 11.5 Å². The number of alkyl halides is 3. The minimum atomic E-state index is -4.86. The Bertz CT molecular complexity index is 479. The quantitative estimate of drug-likeness (QED) is 0.448. The lowest BCUT2D eigenvalue weighted by Crippen LogP contribution is -2.18. The van der Waals surface area contributed by atoms with Crippen molar-refractivity contribution in [1.29, 1.82) is 0 Å². The van der Waals surface area contributed by atoms with Crippen LogP contribution in [0.4, 0.5) is 13.2 Å². The van der Waals surface area contributed by atoms with Gasteiger partial charge in [-0.15, -0.1) is 13.2 Å². The van der Waals surface area contributed by atoms with Gasteiger partial charge in [-0.2, -0.15) is 0 Å². The second-order valence-corrected chi connectivity index (χ2v) is 4.26. The number of methoxy groups -OCH3 is 2. The molecule has 0 radical (unpaired) electrons. The summed E-state index contributed by atoms with van der Waals surface area (Å²) in [5, 5.41) is 0. The summed E-state index contributed by atoms with van der Waals surface area (Å²) in [4.78, 5) is 15.0. The molecule has 19 heavy (non-hydrogen) atoms. The summed E-state index contributed by atoms with van der Waals surface area (Å²) in [6, 6.07) is 0.991. The molecule has 0 aliphatic rings. The lowest BCUT2D eigenvalue weighted by Gasteiger charge is -2.14. The Morgan fingerprint density at radius 3 is 2.53 bits per heavy atom. The second kappa shape index (κ2) is 6.26. The molecule has 5 nitrogen and oxygen atoms in total. The minimum absolute atomic E-state index is 0.0938. The van der Waals surface area contributed by atoms with E-state index in [2.05, 4.69) is 14.5 Å². The summed E-state index contributed by atoms with van der Waals surface area (Å²) < 4.78 is 50.0. The summed E-state index contributed by atoms with van der Waals surface area (Å²) in [7, 11) is 2.37. The topological polar surface area (TPSA) is 57.7 Å². The van der Waals surface area contributed by atoms with E-state index in [4.69, 9.17) is 4.74 Å². The molecule has 0 aliphatic heterocycles. The van der Waals surface area contributed by atoms with Crippen LogP contribution in [0.5, 0.6) is 11.5 Å². The second-order valence-electron chi connectivity index (χ2n) is 3.24. The number of ether oxygens (including phenoxy) is 3. The Morgan fingerprint density at radius 1 is 1.42 bits per heavy atom.